The van der Waals surface area contributed by atoms with Crippen molar-refractivity contribution in [3.05, 3.63) is 12.2 Å². The summed E-state index contributed by atoms with van der Waals surface area (Å²) in [4.78, 5) is 0. The van der Waals surface area contributed by atoms with Crippen molar-refractivity contribution in [1.29, 1.82) is 0 Å². The molecule has 0 spiro atoms. The van der Waals surface area contributed by atoms with Gasteiger partial charge in [0.2, 0.25) is 0 Å². The van der Waals surface area contributed by atoms with Gasteiger partial charge in [-0.25, -0.2) is 0 Å². The Balaban J connectivity index is 1.85. The lowest BCUT2D eigenvalue weighted by atomic mass is 10.0. The maximum absolute atomic E-state index is 5.05. The average molecular weight is 224 g/mol. The third kappa shape index (κ3) is 3.02. The number of hydrogen-bond acceptors (Lipinski definition) is 4. The van der Waals surface area contributed by atoms with Crippen molar-refractivity contribution >= 4 is 0 Å². The number of nitrogens with one attached hydrogen (secondary N) is 1. The SMILES string of the molecule is COCCCn1cnnc1CC1CCNC1. The molecule has 1 aromatic heterocycles. The van der Waals surface area contributed by atoms with Crippen LogP contribution in [0.5, 0.6) is 0 Å². The second-order valence-electron chi connectivity index (χ2n) is 4.35. The minimum atomic E-state index is 0.727. The molecule has 1 aromatic rings. The van der Waals surface area contributed by atoms with E-state index in [9.17, 15) is 0 Å². The minimum Gasteiger partial charge on any atom is -0.385 e. The lowest BCUT2D eigenvalue weighted by Crippen LogP contribution is -2.14. The molecule has 1 saturated heterocycles. The molecule has 1 aliphatic heterocycles. The number of hydrogen-bond donors (Lipinski definition) is 1. The van der Waals surface area contributed by atoms with Gasteiger partial charge in [0.05, 0.1) is 0 Å². The highest BCUT2D eigenvalue weighted by molar-refractivity contribution is 4.90. The number of aryl methyl sites for hydroxylation is 1. The number of ether oxygens (including phenoxy) is 1. The molecule has 1 N–H and O–H groups in total. The highest BCUT2D eigenvalue weighted by atomic mass is 16.5. The van der Waals surface area contributed by atoms with E-state index in [1.807, 2.05) is 6.33 Å². The van der Waals surface area contributed by atoms with Crippen LogP contribution in [0.15, 0.2) is 6.33 Å². The van der Waals surface area contributed by atoms with E-state index in [4.69, 9.17) is 4.74 Å². The fourth-order valence-electron chi connectivity index (χ4n) is 2.15. The zero-order valence-electron chi connectivity index (χ0n) is 9.85. The molecule has 16 heavy (non-hydrogen) atoms. The summed E-state index contributed by atoms with van der Waals surface area (Å²) in [5, 5.41) is 11.6. The van der Waals surface area contributed by atoms with E-state index in [1.54, 1.807) is 7.11 Å². The topological polar surface area (TPSA) is 52.0 Å². The first kappa shape index (κ1) is 11.5. The molecular weight excluding hydrogens is 204 g/mol. The van der Waals surface area contributed by atoms with Gasteiger partial charge in [0.1, 0.15) is 12.2 Å². The van der Waals surface area contributed by atoms with Crippen LogP contribution in [0.2, 0.25) is 0 Å². The fraction of sp³-hybridized carbons (Fsp3) is 0.818. The normalized spacial score (nSPS) is 20.4. The second kappa shape index (κ2) is 5.96. The van der Waals surface area contributed by atoms with Crippen molar-refractivity contribution < 1.29 is 4.74 Å². The maximum atomic E-state index is 5.05. The smallest absolute Gasteiger partial charge is 0.133 e. The van der Waals surface area contributed by atoms with Crippen molar-refractivity contribution in [1.82, 2.24) is 20.1 Å². The lowest BCUT2D eigenvalue weighted by Gasteiger charge is -2.09. The van der Waals surface area contributed by atoms with Crippen LogP contribution in [0, 0.1) is 5.92 Å². The quantitative estimate of drug-likeness (QED) is 0.714. The Hall–Kier alpha value is -0.940. The summed E-state index contributed by atoms with van der Waals surface area (Å²) in [5.74, 6) is 1.84. The maximum Gasteiger partial charge on any atom is 0.133 e. The summed E-state index contributed by atoms with van der Waals surface area (Å²) in [6.45, 7) is 4.01. The minimum absolute atomic E-state index is 0.727. The van der Waals surface area contributed by atoms with Crippen molar-refractivity contribution in [2.75, 3.05) is 26.8 Å². The van der Waals surface area contributed by atoms with Crippen LogP contribution in [-0.2, 0) is 17.7 Å². The number of methoxy groups -OCH3 is 1. The van der Waals surface area contributed by atoms with Crippen LogP contribution < -0.4 is 5.32 Å². The Labute approximate surface area is 96.2 Å². The standard InChI is InChI=1S/C11H20N4O/c1-16-6-2-5-15-9-13-14-11(15)7-10-3-4-12-8-10/h9-10,12H,2-8H2,1H3. The predicted molar refractivity (Wildman–Crippen MR) is 61.2 cm³/mol. The van der Waals surface area contributed by atoms with Crippen LogP contribution >= 0.6 is 0 Å². The van der Waals surface area contributed by atoms with Gasteiger partial charge in [-0.05, 0) is 31.8 Å². The monoisotopic (exact) mass is 224 g/mol. The first-order chi connectivity index (χ1) is 7.90. The molecule has 0 bridgehead atoms. The number of rotatable bonds is 6. The van der Waals surface area contributed by atoms with Gasteiger partial charge in [0.15, 0.2) is 0 Å². The molecule has 2 rings (SSSR count). The molecule has 5 nitrogen and oxygen atoms in total. The predicted octanol–water partition coefficient (Wildman–Crippen LogP) is 0.467. The van der Waals surface area contributed by atoms with Crippen LogP contribution in [-0.4, -0.2) is 41.6 Å². The summed E-state index contributed by atoms with van der Waals surface area (Å²) < 4.78 is 7.20. The van der Waals surface area contributed by atoms with E-state index < -0.39 is 0 Å². The van der Waals surface area contributed by atoms with E-state index >= 15 is 0 Å². The van der Waals surface area contributed by atoms with Gasteiger partial charge >= 0.3 is 0 Å². The molecule has 1 atom stereocenters. The zero-order valence-corrected chi connectivity index (χ0v) is 9.85. The van der Waals surface area contributed by atoms with Crippen LogP contribution in [0.25, 0.3) is 0 Å². The van der Waals surface area contributed by atoms with E-state index in [1.165, 1.54) is 6.42 Å². The molecule has 1 fully saturated rings. The third-order valence-corrected chi connectivity index (χ3v) is 3.08. The molecular formula is C11H20N4O. The van der Waals surface area contributed by atoms with Gasteiger partial charge in [0.25, 0.3) is 0 Å². The van der Waals surface area contributed by atoms with Crippen LogP contribution in [0.3, 0.4) is 0 Å². The van der Waals surface area contributed by atoms with Crippen molar-refractivity contribution in [3.8, 4) is 0 Å². The van der Waals surface area contributed by atoms with Gasteiger partial charge in [0, 0.05) is 26.7 Å². The fourth-order valence-corrected chi connectivity index (χ4v) is 2.15. The molecule has 2 heterocycles. The zero-order chi connectivity index (χ0) is 11.2. The third-order valence-electron chi connectivity index (χ3n) is 3.08. The van der Waals surface area contributed by atoms with Gasteiger partial charge in [-0.3, -0.25) is 0 Å². The first-order valence-corrected chi connectivity index (χ1v) is 5.96. The Morgan fingerprint density at radius 3 is 3.31 bits per heavy atom. The van der Waals surface area contributed by atoms with Gasteiger partial charge in [-0.15, -0.1) is 10.2 Å². The van der Waals surface area contributed by atoms with Crippen LogP contribution in [0.1, 0.15) is 18.7 Å². The molecule has 90 valence electrons. The second-order valence-corrected chi connectivity index (χ2v) is 4.35. The summed E-state index contributed by atoms with van der Waals surface area (Å²) in [5.41, 5.74) is 0. The van der Waals surface area contributed by atoms with E-state index in [0.29, 0.717) is 0 Å². The average Bonchev–Trinajstić information content (AvgIpc) is 2.92. The molecule has 0 amide bonds. The highest BCUT2D eigenvalue weighted by Gasteiger charge is 2.17. The summed E-state index contributed by atoms with van der Waals surface area (Å²) >= 11 is 0. The van der Waals surface area contributed by atoms with Crippen molar-refractivity contribution in [2.24, 2.45) is 5.92 Å². The van der Waals surface area contributed by atoms with Crippen LogP contribution in [0.4, 0.5) is 0 Å². The summed E-state index contributed by atoms with van der Waals surface area (Å²) in [6, 6.07) is 0. The molecule has 5 heteroatoms. The van der Waals surface area contributed by atoms with E-state index in [2.05, 4.69) is 20.1 Å². The molecule has 0 radical (unpaired) electrons. The van der Waals surface area contributed by atoms with Crippen molar-refractivity contribution in [2.45, 2.75) is 25.8 Å². The summed E-state index contributed by atoms with van der Waals surface area (Å²) in [6.07, 6.45) is 5.14. The number of nitrogens with zero attached hydrogens (tertiary/aromatic N) is 3. The Morgan fingerprint density at radius 2 is 2.56 bits per heavy atom. The Bertz CT molecular complexity index is 307. The van der Waals surface area contributed by atoms with Gasteiger partial charge in [-0.2, -0.15) is 0 Å². The van der Waals surface area contributed by atoms with Gasteiger partial charge in [-0.1, -0.05) is 0 Å². The van der Waals surface area contributed by atoms with E-state index in [0.717, 1.165) is 50.8 Å². The Kier molecular flexibility index (Phi) is 4.30. The molecule has 1 unspecified atom stereocenters. The first-order valence-electron chi connectivity index (χ1n) is 5.96. The molecule has 0 aliphatic carbocycles. The Morgan fingerprint density at radius 1 is 1.62 bits per heavy atom. The van der Waals surface area contributed by atoms with Gasteiger partial charge < -0.3 is 14.6 Å². The molecule has 0 saturated carbocycles. The molecule has 0 aromatic carbocycles. The number of aromatic nitrogens is 3. The van der Waals surface area contributed by atoms with Crippen molar-refractivity contribution in [3.63, 3.8) is 0 Å². The highest BCUT2D eigenvalue weighted by Crippen LogP contribution is 2.13. The van der Waals surface area contributed by atoms with E-state index in [-0.39, 0.29) is 0 Å². The largest absolute Gasteiger partial charge is 0.385 e. The molecule has 1 aliphatic rings. The lowest BCUT2D eigenvalue weighted by molar-refractivity contribution is 0.190. The summed E-state index contributed by atoms with van der Waals surface area (Å²) in [7, 11) is 1.73.